The Morgan fingerprint density at radius 3 is 2.84 bits per heavy atom. The van der Waals surface area contributed by atoms with Crippen LogP contribution in [0.15, 0.2) is 18.3 Å². The molecule has 1 aromatic rings. The zero-order valence-electron chi connectivity index (χ0n) is 10.4. The van der Waals surface area contributed by atoms with Crippen molar-refractivity contribution in [3.8, 4) is 0 Å². The van der Waals surface area contributed by atoms with Crippen LogP contribution in [0.3, 0.4) is 0 Å². The molecule has 0 aromatic carbocycles. The van der Waals surface area contributed by atoms with Crippen molar-refractivity contribution in [2.24, 2.45) is 0 Å². The highest BCUT2D eigenvalue weighted by Gasteiger charge is 2.32. The molecule has 0 aliphatic carbocycles. The molecule has 0 radical (unpaired) electrons. The molecule has 1 amide bonds. The van der Waals surface area contributed by atoms with Gasteiger partial charge in [-0.25, -0.2) is 9.78 Å². The number of carboxylic acid groups (broad SMARTS) is 1. The number of aliphatic carboxylic acids is 1. The van der Waals surface area contributed by atoms with Crippen LogP contribution >= 0.6 is 0 Å². The number of aromatic nitrogens is 1. The van der Waals surface area contributed by atoms with E-state index in [1.54, 1.807) is 0 Å². The molecule has 19 heavy (non-hydrogen) atoms. The molecule has 0 bridgehead atoms. The van der Waals surface area contributed by atoms with Crippen LogP contribution in [0.5, 0.6) is 0 Å². The number of nitrogens with zero attached hydrogens (tertiary/aromatic N) is 2. The predicted molar refractivity (Wildman–Crippen MR) is 65.1 cm³/mol. The van der Waals surface area contributed by atoms with Crippen molar-refractivity contribution >= 4 is 11.9 Å². The normalized spacial score (nSPS) is 19.8. The van der Waals surface area contributed by atoms with E-state index >= 15 is 0 Å². The van der Waals surface area contributed by atoms with Crippen molar-refractivity contribution in [1.29, 1.82) is 0 Å². The summed E-state index contributed by atoms with van der Waals surface area (Å²) in [5.74, 6) is -2.50. The standard InChI is InChI=1S/C13H15FN2O3/c14-11-9(5-4-7-15-11)12(17)16-8-3-1-2-6-10(16)13(18)19/h4-5,7,10H,1-3,6,8H2,(H,18,19). The average Bonchev–Trinajstić information content (AvgIpc) is 2.64. The molecule has 1 aliphatic heterocycles. The number of rotatable bonds is 2. The van der Waals surface area contributed by atoms with Crippen molar-refractivity contribution in [3.63, 3.8) is 0 Å². The molecule has 6 heteroatoms. The van der Waals surface area contributed by atoms with Gasteiger partial charge in [0.25, 0.3) is 5.91 Å². The van der Waals surface area contributed by atoms with E-state index in [4.69, 9.17) is 0 Å². The number of carbonyl (C=O) groups excluding carboxylic acids is 1. The van der Waals surface area contributed by atoms with Crippen LogP contribution in [0.25, 0.3) is 0 Å². The summed E-state index contributed by atoms with van der Waals surface area (Å²) >= 11 is 0. The highest BCUT2D eigenvalue weighted by atomic mass is 19.1. The third-order valence-corrected chi connectivity index (χ3v) is 3.29. The fourth-order valence-corrected chi connectivity index (χ4v) is 2.31. The second-order valence-electron chi connectivity index (χ2n) is 4.54. The maximum Gasteiger partial charge on any atom is 0.326 e. The van der Waals surface area contributed by atoms with Crippen molar-refractivity contribution in [2.45, 2.75) is 31.7 Å². The molecule has 102 valence electrons. The number of hydrogen-bond acceptors (Lipinski definition) is 3. The molecule has 2 heterocycles. The number of hydrogen-bond donors (Lipinski definition) is 1. The molecule has 1 fully saturated rings. The predicted octanol–water partition coefficient (Wildman–Crippen LogP) is 1.69. The number of carbonyl (C=O) groups is 2. The van der Waals surface area contributed by atoms with Crippen molar-refractivity contribution in [1.82, 2.24) is 9.88 Å². The molecule has 1 saturated heterocycles. The first-order chi connectivity index (χ1) is 9.11. The SMILES string of the molecule is O=C(O)C1CCCCCN1C(=O)c1cccnc1F. The van der Waals surface area contributed by atoms with Gasteiger partial charge in [-0.3, -0.25) is 4.79 Å². The summed E-state index contributed by atoms with van der Waals surface area (Å²) in [5.41, 5.74) is -0.171. The zero-order valence-corrected chi connectivity index (χ0v) is 10.4. The van der Waals surface area contributed by atoms with Gasteiger partial charge in [-0.1, -0.05) is 12.8 Å². The van der Waals surface area contributed by atoms with Crippen LogP contribution in [0.1, 0.15) is 36.0 Å². The highest BCUT2D eigenvalue weighted by Crippen LogP contribution is 2.20. The van der Waals surface area contributed by atoms with Gasteiger partial charge in [-0.15, -0.1) is 0 Å². The number of carboxylic acids is 1. The van der Waals surface area contributed by atoms with Gasteiger partial charge in [0.15, 0.2) is 0 Å². The quantitative estimate of drug-likeness (QED) is 0.827. The van der Waals surface area contributed by atoms with Crippen LogP contribution in [-0.2, 0) is 4.79 Å². The van der Waals surface area contributed by atoms with Crippen LogP contribution < -0.4 is 0 Å². The molecule has 2 rings (SSSR count). The summed E-state index contributed by atoms with van der Waals surface area (Å²) in [6, 6.07) is 1.91. The highest BCUT2D eigenvalue weighted by molar-refractivity contribution is 5.96. The summed E-state index contributed by atoms with van der Waals surface area (Å²) in [4.78, 5) is 28.2. The summed E-state index contributed by atoms with van der Waals surface area (Å²) in [7, 11) is 0. The van der Waals surface area contributed by atoms with E-state index in [0.29, 0.717) is 13.0 Å². The Morgan fingerprint density at radius 1 is 1.37 bits per heavy atom. The first kappa shape index (κ1) is 13.5. The molecular weight excluding hydrogens is 251 g/mol. The Morgan fingerprint density at radius 2 is 2.16 bits per heavy atom. The maximum atomic E-state index is 13.5. The molecule has 1 aromatic heterocycles. The van der Waals surface area contributed by atoms with Crippen molar-refractivity contribution in [3.05, 3.63) is 29.8 Å². The number of amides is 1. The summed E-state index contributed by atoms with van der Waals surface area (Å²) < 4.78 is 13.5. The largest absolute Gasteiger partial charge is 0.480 e. The second kappa shape index (κ2) is 5.77. The minimum absolute atomic E-state index is 0.171. The molecule has 1 N–H and O–H groups in total. The number of halogens is 1. The third kappa shape index (κ3) is 2.89. The fourth-order valence-electron chi connectivity index (χ4n) is 2.31. The first-order valence-electron chi connectivity index (χ1n) is 6.25. The van der Waals surface area contributed by atoms with Crippen LogP contribution in [0, 0.1) is 5.95 Å². The van der Waals surface area contributed by atoms with Gasteiger partial charge in [0.1, 0.15) is 6.04 Å². The van der Waals surface area contributed by atoms with E-state index in [0.717, 1.165) is 19.3 Å². The first-order valence-corrected chi connectivity index (χ1v) is 6.25. The number of likely N-dealkylation sites (tertiary alicyclic amines) is 1. The lowest BCUT2D eigenvalue weighted by molar-refractivity contribution is -0.142. The zero-order chi connectivity index (χ0) is 13.8. The second-order valence-corrected chi connectivity index (χ2v) is 4.54. The van der Waals surface area contributed by atoms with Crippen LogP contribution in [0.2, 0.25) is 0 Å². The Bertz CT molecular complexity index is 493. The topological polar surface area (TPSA) is 70.5 Å². The van der Waals surface area contributed by atoms with E-state index in [2.05, 4.69) is 4.98 Å². The van der Waals surface area contributed by atoms with Gasteiger partial charge in [0.2, 0.25) is 5.95 Å². The minimum Gasteiger partial charge on any atom is -0.480 e. The van der Waals surface area contributed by atoms with E-state index in [-0.39, 0.29) is 5.56 Å². The van der Waals surface area contributed by atoms with Gasteiger partial charge in [-0.05, 0) is 25.0 Å². The monoisotopic (exact) mass is 266 g/mol. The molecule has 1 unspecified atom stereocenters. The van der Waals surface area contributed by atoms with E-state index < -0.39 is 23.9 Å². The molecule has 0 spiro atoms. The van der Waals surface area contributed by atoms with Gasteiger partial charge < -0.3 is 10.0 Å². The summed E-state index contributed by atoms with van der Waals surface area (Å²) in [6.45, 7) is 0.337. The van der Waals surface area contributed by atoms with Crippen LogP contribution in [-0.4, -0.2) is 39.5 Å². The van der Waals surface area contributed by atoms with E-state index in [1.165, 1.54) is 23.2 Å². The Hall–Kier alpha value is -1.98. The average molecular weight is 266 g/mol. The minimum atomic E-state index is -1.04. The van der Waals surface area contributed by atoms with Crippen molar-refractivity contribution < 1.29 is 19.1 Å². The third-order valence-electron chi connectivity index (χ3n) is 3.29. The molecule has 1 atom stereocenters. The van der Waals surface area contributed by atoms with Crippen molar-refractivity contribution in [2.75, 3.05) is 6.54 Å². The fraction of sp³-hybridized carbons (Fsp3) is 0.462. The summed E-state index contributed by atoms with van der Waals surface area (Å²) in [5, 5.41) is 9.20. The van der Waals surface area contributed by atoms with Gasteiger partial charge in [-0.2, -0.15) is 4.39 Å². The Kier molecular flexibility index (Phi) is 4.09. The Balaban J connectivity index is 2.29. The van der Waals surface area contributed by atoms with Gasteiger partial charge >= 0.3 is 5.97 Å². The maximum absolute atomic E-state index is 13.5. The van der Waals surface area contributed by atoms with E-state index in [9.17, 15) is 19.1 Å². The van der Waals surface area contributed by atoms with Gasteiger partial charge in [0.05, 0.1) is 5.56 Å². The smallest absolute Gasteiger partial charge is 0.326 e. The lowest BCUT2D eigenvalue weighted by Crippen LogP contribution is -2.45. The lowest BCUT2D eigenvalue weighted by Gasteiger charge is -2.26. The van der Waals surface area contributed by atoms with Gasteiger partial charge in [0, 0.05) is 12.7 Å². The van der Waals surface area contributed by atoms with E-state index in [1.807, 2.05) is 0 Å². The molecule has 0 saturated carbocycles. The lowest BCUT2D eigenvalue weighted by atomic mass is 10.1. The summed E-state index contributed by atoms with van der Waals surface area (Å²) in [6.07, 6.45) is 4.03. The van der Waals surface area contributed by atoms with Crippen LogP contribution in [0.4, 0.5) is 4.39 Å². The Labute approximate surface area is 110 Å². The molecule has 1 aliphatic rings. The number of pyridine rings is 1. The molecule has 5 nitrogen and oxygen atoms in total. The molecular formula is C13H15FN2O3.